The van der Waals surface area contributed by atoms with Gasteiger partial charge in [0.15, 0.2) is 4.80 Å². The van der Waals surface area contributed by atoms with Crippen molar-refractivity contribution in [3.05, 3.63) is 124 Å². The molecule has 1 atom stereocenters. The summed E-state index contributed by atoms with van der Waals surface area (Å²) in [6.07, 6.45) is 3.83. The predicted octanol–water partition coefficient (Wildman–Crippen LogP) is 5.32. The Morgan fingerprint density at radius 3 is 2.63 bits per heavy atom. The molecule has 3 aromatic carbocycles. The van der Waals surface area contributed by atoms with Crippen LogP contribution < -0.4 is 19.6 Å². The Balaban J connectivity index is 1.60. The minimum absolute atomic E-state index is 0.0118. The largest absolute Gasteiger partial charge is 0.494 e. The van der Waals surface area contributed by atoms with Gasteiger partial charge in [0.25, 0.3) is 5.56 Å². The zero-order chi connectivity index (χ0) is 23.9. The summed E-state index contributed by atoms with van der Waals surface area (Å²) in [7, 11) is 0. The summed E-state index contributed by atoms with van der Waals surface area (Å²) in [5, 5.41) is 0. The molecule has 2 aliphatic rings. The van der Waals surface area contributed by atoms with Gasteiger partial charge in [-0.15, -0.1) is 0 Å². The van der Waals surface area contributed by atoms with Crippen molar-refractivity contribution in [3.8, 4) is 5.75 Å². The van der Waals surface area contributed by atoms with E-state index in [2.05, 4.69) is 65.1 Å². The molecule has 0 amide bonds. The second-order valence-corrected chi connectivity index (χ2v) is 10.8. The van der Waals surface area contributed by atoms with Gasteiger partial charge in [0, 0.05) is 9.13 Å². The fraction of sp³-hybridized carbons (Fsp3) is 0.172. The number of benzene rings is 3. The number of fused-ring (bicyclic) bond motifs is 3. The van der Waals surface area contributed by atoms with E-state index in [0.717, 1.165) is 43.8 Å². The molecule has 0 N–H and O–H groups in total. The summed E-state index contributed by atoms with van der Waals surface area (Å²) in [6.45, 7) is 2.61. The van der Waals surface area contributed by atoms with Crippen LogP contribution in [0, 0.1) is 3.57 Å². The number of halogens is 1. The van der Waals surface area contributed by atoms with Crippen LogP contribution in [0.1, 0.15) is 41.6 Å². The van der Waals surface area contributed by atoms with E-state index in [-0.39, 0.29) is 11.6 Å². The van der Waals surface area contributed by atoms with E-state index >= 15 is 0 Å². The molecule has 1 aliphatic carbocycles. The zero-order valence-corrected chi connectivity index (χ0v) is 22.2. The van der Waals surface area contributed by atoms with Crippen molar-refractivity contribution in [3.63, 3.8) is 0 Å². The molecular weight excluding hydrogens is 567 g/mol. The van der Waals surface area contributed by atoms with Crippen molar-refractivity contribution in [2.75, 3.05) is 6.61 Å². The highest BCUT2D eigenvalue weighted by atomic mass is 127. The lowest BCUT2D eigenvalue weighted by molar-refractivity contribution is 0.340. The minimum Gasteiger partial charge on any atom is -0.494 e. The summed E-state index contributed by atoms with van der Waals surface area (Å²) in [5.41, 5.74) is 6.87. The molecule has 0 radical (unpaired) electrons. The first-order chi connectivity index (χ1) is 17.1. The van der Waals surface area contributed by atoms with Crippen LogP contribution >= 0.6 is 33.9 Å². The summed E-state index contributed by atoms with van der Waals surface area (Å²) in [5.74, 6) is 0.838. The molecule has 0 saturated carbocycles. The average molecular weight is 590 g/mol. The van der Waals surface area contributed by atoms with E-state index in [0.29, 0.717) is 11.1 Å². The maximum Gasteiger partial charge on any atom is 0.271 e. The van der Waals surface area contributed by atoms with Gasteiger partial charge >= 0.3 is 0 Å². The molecule has 1 aromatic heterocycles. The number of thiazole rings is 1. The van der Waals surface area contributed by atoms with E-state index in [9.17, 15) is 4.79 Å². The second-order valence-electron chi connectivity index (χ2n) is 8.64. The maximum absolute atomic E-state index is 13.8. The Morgan fingerprint density at radius 1 is 1.06 bits per heavy atom. The van der Waals surface area contributed by atoms with E-state index < -0.39 is 0 Å². The molecule has 6 heteroatoms. The molecule has 2 heterocycles. The lowest BCUT2D eigenvalue weighted by atomic mass is 9.83. The van der Waals surface area contributed by atoms with Crippen molar-refractivity contribution in [2.45, 2.75) is 25.8 Å². The first-order valence-electron chi connectivity index (χ1n) is 11.7. The van der Waals surface area contributed by atoms with Gasteiger partial charge in [0.1, 0.15) is 5.75 Å². The highest BCUT2D eigenvalue weighted by Crippen LogP contribution is 2.41. The fourth-order valence-electron chi connectivity index (χ4n) is 4.97. The lowest BCUT2D eigenvalue weighted by Crippen LogP contribution is -2.38. The molecule has 174 valence electrons. The van der Waals surface area contributed by atoms with Gasteiger partial charge < -0.3 is 4.74 Å². The van der Waals surface area contributed by atoms with E-state index in [4.69, 9.17) is 9.73 Å². The van der Waals surface area contributed by atoms with Crippen LogP contribution in [0.4, 0.5) is 0 Å². The monoisotopic (exact) mass is 590 g/mol. The quantitative estimate of drug-likeness (QED) is 0.302. The van der Waals surface area contributed by atoms with Gasteiger partial charge in [-0.2, -0.15) is 0 Å². The Bertz CT molecular complexity index is 1650. The summed E-state index contributed by atoms with van der Waals surface area (Å²) in [6, 6.07) is 24.6. The topological polar surface area (TPSA) is 43.6 Å². The molecular formula is C29H23IN2O2S. The average Bonchev–Trinajstić information content (AvgIpc) is 3.19. The van der Waals surface area contributed by atoms with Gasteiger partial charge in [-0.25, -0.2) is 4.99 Å². The van der Waals surface area contributed by atoms with Crippen LogP contribution in [-0.2, 0) is 6.42 Å². The van der Waals surface area contributed by atoms with Crippen molar-refractivity contribution >= 4 is 45.7 Å². The summed E-state index contributed by atoms with van der Waals surface area (Å²) >= 11 is 3.79. The van der Waals surface area contributed by atoms with Crippen LogP contribution in [0.15, 0.2) is 88.2 Å². The van der Waals surface area contributed by atoms with Crippen molar-refractivity contribution in [1.29, 1.82) is 0 Å². The molecule has 1 unspecified atom stereocenters. The third-order valence-corrected chi connectivity index (χ3v) is 8.54. The van der Waals surface area contributed by atoms with Crippen molar-refractivity contribution < 1.29 is 4.74 Å². The number of rotatable bonds is 4. The molecule has 0 spiro atoms. The molecule has 0 fully saturated rings. The maximum atomic E-state index is 13.8. The van der Waals surface area contributed by atoms with Crippen molar-refractivity contribution in [2.24, 2.45) is 4.99 Å². The van der Waals surface area contributed by atoms with E-state index in [1.807, 2.05) is 47.9 Å². The fourth-order valence-corrected chi connectivity index (χ4v) is 6.50. The van der Waals surface area contributed by atoms with Crippen molar-refractivity contribution in [1.82, 2.24) is 4.57 Å². The second kappa shape index (κ2) is 9.24. The van der Waals surface area contributed by atoms with Crippen LogP contribution in [0.2, 0.25) is 0 Å². The third kappa shape index (κ3) is 3.98. The molecule has 4 aromatic rings. The van der Waals surface area contributed by atoms with Gasteiger partial charge in [-0.1, -0.05) is 65.9 Å². The molecule has 6 rings (SSSR count). The minimum atomic E-state index is -0.178. The lowest BCUT2D eigenvalue weighted by Gasteiger charge is -2.30. The SMILES string of the molecule is CCOc1ccc(C2C3=C(N=c4s/c(=C/c5ccccc5I)c(=O)n42)c2ccccc2CC3)cc1. The van der Waals surface area contributed by atoms with Gasteiger partial charge in [0.05, 0.1) is 22.9 Å². The number of nitrogens with zero attached hydrogens (tertiary/aromatic N) is 2. The summed E-state index contributed by atoms with van der Waals surface area (Å²) in [4.78, 5) is 19.7. The Labute approximate surface area is 221 Å². The van der Waals surface area contributed by atoms with Crippen LogP contribution in [0.25, 0.3) is 11.8 Å². The normalized spacial score (nSPS) is 16.9. The van der Waals surface area contributed by atoms with E-state index in [1.165, 1.54) is 28.0 Å². The molecule has 4 nitrogen and oxygen atoms in total. The van der Waals surface area contributed by atoms with Gasteiger partial charge in [0.2, 0.25) is 0 Å². The molecule has 0 bridgehead atoms. The highest BCUT2D eigenvalue weighted by molar-refractivity contribution is 14.1. The number of ether oxygens (including phenoxy) is 1. The Kier molecular flexibility index (Phi) is 5.94. The predicted molar refractivity (Wildman–Crippen MR) is 150 cm³/mol. The Morgan fingerprint density at radius 2 is 1.83 bits per heavy atom. The number of aryl methyl sites for hydroxylation is 1. The van der Waals surface area contributed by atoms with Crippen LogP contribution in [-0.4, -0.2) is 11.2 Å². The smallest absolute Gasteiger partial charge is 0.271 e. The first-order valence-corrected chi connectivity index (χ1v) is 13.6. The number of allylic oxidation sites excluding steroid dienone is 1. The number of hydrogen-bond donors (Lipinski definition) is 0. The highest BCUT2D eigenvalue weighted by Gasteiger charge is 2.32. The van der Waals surface area contributed by atoms with Crippen LogP contribution in [0.5, 0.6) is 5.75 Å². The molecule has 35 heavy (non-hydrogen) atoms. The standard InChI is InChI=1S/C29H23IN2O2S/c1-2-34-21-14-11-19(12-15-21)27-23-16-13-18-7-3-5-9-22(18)26(23)31-29-32(27)28(33)25(35-29)17-20-8-4-6-10-24(20)30/h3-12,14-15,17,27H,2,13,16H2,1H3/b25-17+. The zero-order valence-electron chi connectivity index (χ0n) is 19.2. The van der Waals surface area contributed by atoms with E-state index in [1.54, 1.807) is 0 Å². The summed E-state index contributed by atoms with van der Waals surface area (Å²) < 4.78 is 9.39. The Hall–Kier alpha value is -2.97. The first kappa shape index (κ1) is 22.5. The van der Waals surface area contributed by atoms with Gasteiger partial charge in [-0.3, -0.25) is 9.36 Å². The third-order valence-electron chi connectivity index (χ3n) is 6.57. The number of aromatic nitrogens is 1. The van der Waals surface area contributed by atoms with Crippen LogP contribution in [0.3, 0.4) is 0 Å². The molecule has 1 aliphatic heterocycles. The number of hydrogen-bond acceptors (Lipinski definition) is 4. The van der Waals surface area contributed by atoms with Gasteiger partial charge in [-0.05, 0) is 88.9 Å². The molecule has 0 saturated heterocycles.